The molecule has 1 saturated heterocycles. The quantitative estimate of drug-likeness (QED) is 0.763. The molecule has 29 heavy (non-hydrogen) atoms. The minimum atomic E-state index is -0.491. The number of carbonyl (C=O) groups is 1. The summed E-state index contributed by atoms with van der Waals surface area (Å²) in [5.41, 5.74) is 2.23. The first-order valence-corrected chi connectivity index (χ1v) is 10.0. The lowest BCUT2D eigenvalue weighted by atomic mass is 10.0. The number of nitrogens with zero attached hydrogens (tertiary/aromatic N) is 1. The van der Waals surface area contributed by atoms with Crippen LogP contribution in [-0.4, -0.2) is 29.4 Å². The van der Waals surface area contributed by atoms with Gasteiger partial charge in [0, 0.05) is 24.6 Å². The number of benzene rings is 2. The van der Waals surface area contributed by atoms with Gasteiger partial charge in [0.05, 0.1) is 6.04 Å². The van der Waals surface area contributed by atoms with Crippen LogP contribution in [0.15, 0.2) is 54.6 Å². The Hall–Kier alpha value is -2.53. The molecule has 0 spiro atoms. The first-order valence-electron chi connectivity index (χ1n) is 10.0. The molecule has 1 unspecified atom stereocenters. The molecule has 2 heterocycles. The van der Waals surface area contributed by atoms with Gasteiger partial charge < -0.3 is 10.2 Å². The molecule has 0 saturated carbocycles. The van der Waals surface area contributed by atoms with E-state index in [9.17, 15) is 13.6 Å². The van der Waals surface area contributed by atoms with E-state index in [4.69, 9.17) is 0 Å². The fourth-order valence-electron chi connectivity index (χ4n) is 3.81. The summed E-state index contributed by atoms with van der Waals surface area (Å²) in [6, 6.07) is 12.6. The lowest BCUT2D eigenvalue weighted by molar-refractivity contribution is -0.129. The van der Waals surface area contributed by atoms with Crippen LogP contribution in [0.5, 0.6) is 0 Å². The van der Waals surface area contributed by atoms with Crippen molar-refractivity contribution in [3.63, 3.8) is 0 Å². The second-order valence-corrected chi connectivity index (χ2v) is 8.23. The Morgan fingerprint density at radius 3 is 2.41 bits per heavy atom. The highest BCUT2D eigenvalue weighted by molar-refractivity contribution is 5.81. The largest absolute Gasteiger partial charge is 0.328 e. The minimum Gasteiger partial charge on any atom is -0.328 e. The number of amides is 1. The van der Waals surface area contributed by atoms with E-state index in [-0.39, 0.29) is 24.1 Å². The molecule has 5 heteroatoms. The monoisotopic (exact) mass is 398 g/mol. The van der Waals surface area contributed by atoms with E-state index in [1.807, 2.05) is 36.4 Å². The SMILES string of the molecule is CC(=O)N1CC(c2cc(F)ccc2F)=CC1c1ccccc1.CC1(C)CCCN1. The number of rotatable bonds is 2. The molecular weight excluding hydrogens is 370 g/mol. The second-order valence-electron chi connectivity index (χ2n) is 8.23. The zero-order chi connectivity index (χ0) is 21.0. The molecule has 154 valence electrons. The molecule has 2 aliphatic heterocycles. The number of hydrogen-bond donors (Lipinski definition) is 1. The summed E-state index contributed by atoms with van der Waals surface area (Å²) < 4.78 is 27.4. The van der Waals surface area contributed by atoms with Gasteiger partial charge in [0.15, 0.2) is 0 Å². The molecule has 2 aromatic carbocycles. The van der Waals surface area contributed by atoms with Crippen LogP contribution in [0.2, 0.25) is 0 Å². The zero-order valence-corrected chi connectivity index (χ0v) is 17.2. The molecule has 2 aromatic rings. The van der Waals surface area contributed by atoms with Gasteiger partial charge in [-0.25, -0.2) is 8.78 Å². The molecule has 2 aliphatic rings. The van der Waals surface area contributed by atoms with Crippen LogP contribution in [-0.2, 0) is 4.79 Å². The summed E-state index contributed by atoms with van der Waals surface area (Å²) in [5, 5.41) is 3.40. The molecule has 1 N–H and O–H groups in total. The Morgan fingerprint density at radius 1 is 1.14 bits per heavy atom. The topological polar surface area (TPSA) is 32.3 Å². The molecular formula is C24H28F2N2O. The molecule has 1 atom stereocenters. The third kappa shape index (κ3) is 5.30. The Balaban J connectivity index is 0.000000290. The minimum absolute atomic E-state index is 0.100. The molecule has 3 nitrogen and oxygen atoms in total. The van der Waals surface area contributed by atoms with Crippen molar-refractivity contribution < 1.29 is 13.6 Å². The summed E-state index contributed by atoms with van der Waals surface area (Å²) in [6.45, 7) is 7.47. The molecule has 4 rings (SSSR count). The van der Waals surface area contributed by atoms with E-state index in [0.29, 0.717) is 11.1 Å². The molecule has 0 aliphatic carbocycles. The summed E-state index contributed by atoms with van der Waals surface area (Å²) in [7, 11) is 0. The third-order valence-corrected chi connectivity index (χ3v) is 5.44. The van der Waals surface area contributed by atoms with Crippen molar-refractivity contribution in [3.8, 4) is 0 Å². The van der Waals surface area contributed by atoms with E-state index >= 15 is 0 Å². The van der Waals surface area contributed by atoms with Gasteiger partial charge in [-0.05, 0) is 62.6 Å². The number of hydrogen-bond acceptors (Lipinski definition) is 2. The van der Waals surface area contributed by atoms with E-state index in [1.54, 1.807) is 4.90 Å². The van der Waals surface area contributed by atoms with Gasteiger partial charge in [0.2, 0.25) is 5.91 Å². The maximum Gasteiger partial charge on any atom is 0.220 e. The summed E-state index contributed by atoms with van der Waals surface area (Å²) in [4.78, 5) is 13.5. The summed E-state index contributed by atoms with van der Waals surface area (Å²) in [5.74, 6) is -1.07. The van der Waals surface area contributed by atoms with Gasteiger partial charge in [-0.1, -0.05) is 36.4 Å². The number of halogens is 2. The zero-order valence-electron chi connectivity index (χ0n) is 17.2. The van der Waals surface area contributed by atoms with E-state index in [2.05, 4.69) is 19.2 Å². The van der Waals surface area contributed by atoms with E-state index in [0.717, 1.165) is 17.7 Å². The van der Waals surface area contributed by atoms with Crippen molar-refractivity contribution in [3.05, 3.63) is 77.4 Å². The van der Waals surface area contributed by atoms with Gasteiger partial charge in [0.1, 0.15) is 11.6 Å². The van der Waals surface area contributed by atoms with Crippen molar-refractivity contribution in [1.82, 2.24) is 10.2 Å². The summed E-state index contributed by atoms with van der Waals surface area (Å²) >= 11 is 0. The number of carbonyl (C=O) groups excluding carboxylic acids is 1. The number of nitrogens with one attached hydrogen (secondary N) is 1. The Bertz CT molecular complexity index is 885. The average molecular weight is 398 g/mol. The van der Waals surface area contributed by atoms with Gasteiger partial charge in [-0.2, -0.15) is 0 Å². The van der Waals surface area contributed by atoms with Gasteiger partial charge in [-0.15, -0.1) is 0 Å². The summed E-state index contributed by atoms with van der Waals surface area (Å²) in [6.07, 6.45) is 4.52. The van der Waals surface area contributed by atoms with Gasteiger partial charge in [0.25, 0.3) is 0 Å². The van der Waals surface area contributed by atoms with Crippen molar-refractivity contribution in [2.45, 2.75) is 45.2 Å². The van der Waals surface area contributed by atoms with Crippen molar-refractivity contribution in [2.24, 2.45) is 0 Å². The van der Waals surface area contributed by atoms with Crippen LogP contribution >= 0.6 is 0 Å². The van der Waals surface area contributed by atoms with Crippen LogP contribution in [0.4, 0.5) is 8.78 Å². The Labute approximate surface area is 171 Å². The van der Waals surface area contributed by atoms with Crippen LogP contribution < -0.4 is 5.32 Å². The standard InChI is InChI=1S/C18H15F2NO.C6H13N/c1-12(22)21-11-14(16-10-15(19)7-8-17(16)20)9-18(21)13-5-3-2-4-6-13;1-6(2)4-3-5-7-6/h2-10,18H,11H2,1H3;7H,3-5H2,1-2H3. The highest BCUT2D eigenvalue weighted by atomic mass is 19.1. The Kier molecular flexibility index (Phi) is 6.48. The lowest BCUT2D eigenvalue weighted by Crippen LogP contribution is -2.31. The van der Waals surface area contributed by atoms with E-state index in [1.165, 1.54) is 32.4 Å². The lowest BCUT2D eigenvalue weighted by Gasteiger charge is -2.23. The first kappa shape index (κ1) is 21.2. The molecule has 1 fully saturated rings. The fraction of sp³-hybridized carbons (Fsp3) is 0.375. The predicted octanol–water partition coefficient (Wildman–Crippen LogP) is 5.10. The van der Waals surface area contributed by atoms with Crippen LogP contribution in [0, 0.1) is 11.6 Å². The molecule has 0 aromatic heterocycles. The van der Waals surface area contributed by atoms with Crippen LogP contribution in [0.3, 0.4) is 0 Å². The van der Waals surface area contributed by atoms with Crippen molar-refractivity contribution in [2.75, 3.05) is 13.1 Å². The highest BCUT2D eigenvalue weighted by Crippen LogP contribution is 2.35. The highest BCUT2D eigenvalue weighted by Gasteiger charge is 2.29. The van der Waals surface area contributed by atoms with E-state index < -0.39 is 11.6 Å². The maximum atomic E-state index is 14.0. The Morgan fingerprint density at radius 2 is 1.86 bits per heavy atom. The van der Waals surface area contributed by atoms with Crippen LogP contribution in [0.1, 0.15) is 50.8 Å². The molecule has 1 amide bonds. The second kappa shape index (κ2) is 8.87. The maximum absolute atomic E-state index is 14.0. The van der Waals surface area contributed by atoms with Crippen molar-refractivity contribution >= 4 is 11.5 Å². The van der Waals surface area contributed by atoms with Gasteiger partial charge in [-0.3, -0.25) is 4.79 Å². The van der Waals surface area contributed by atoms with Gasteiger partial charge >= 0.3 is 0 Å². The average Bonchev–Trinajstić information content (AvgIpc) is 3.31. The van der Waals surface area contributed by atoms with Crippen molar-refractivity contribution in [1.29, 1.82) is 0 Å². The normalized spacial score (nSPS) is 20.1. The predicted molar refractivity (Wildman–Crippen MR) is 112 cm³/mol. The fourth-order valence-corrected chi connectivity index (χ4v) is 3.81. The molecule has 0 radical (unpaired) electrons. The first-order chi connectivity index (χ1) is 13.8. The van der Waals surface area contributed by atoms with Crippen LogP contribution in [0.25, 0.3) is 5.57 Å². The third-order valence-electron chi connectivity index (χ3n) is 5.44. The molecule has 0 bridgehead atoms. The smallest absolute Gasteiger partial charge is 0.220 e.